The molecule has 0 amide bonds. The summed E-state index contributed by atoms with van der Waals surface area (Å²) < 4.78 is 1.49. The van der Waals surface area contributed by atoms with Crippen LogP contribution in [0.3, 0.4) is 0 Å². The summed E-state index contributed by atoms with van der Waals surface area (Å²) in [6, 6.07) is 5.41. The van der Waals surface area contributed by atoms with Crippen LogP contribution in [0.15, 0.2) is 59.5 Å². The first kappa shape index (κ1) is 13.7. The summed E-state index contributed by atoms with van der Waals surface area (Å²) in [6.45, 7) is 8.22. The molecule has 2 aromatic heterocycles. The van der Waals surface area contributed by atoms with Gasteiger partial charge in [-0.2, -0.15) is 0 Å². The van der Waals surface area contributed by atoms with Crippen LogP contribution < -0.4 is 10.9 Å². The Hall–Kier alpha value is -2.69. The summed E-state index contributed by atoms with van der Waals surface area (Å²) in [7, 11) is 0. The molecule has 20 heavy (non-hydrogen) atoms. The summed E-state index contributed by atoms with van der Waals surface area (Å²) in [5.74, 6) is 0.508. The fourth-order valence-electron chi connectivity index (χ4n) is 1.74. The quantitative estimate of drug-likeness (QED) is 0.643. The lowest BCUT2D eigenvalue weighted by atomic mass is 10.3. The van der Waals surface area contributed by atoms with Crippen molar-refractivity contribution in [3.05, 3.63) is 65.6 Å². The molecule has 0 saturated heterocycles. The molecule has 0 radical (unpaired) electrons. The maximum atomic E-state index is 12.4. The number of fused-ring (bicyclic) bond motifs is 1. The fraction of sp³-hybridized carbons (Fsp3) is 0.133. The standard InChI is InChI=1S/C15H16N4O/c1-3-8-16-11-12-14(17-9-4-2)18-13-7-5-6-10-19(13)15(12)20/h3-7,10-11,17H,1-2,8-9H2. The lowest BCUT2D eigenvalue weighted by molar-refractivity contribution is 1.03. The minimum absolute atomic E-state index is 0.157. The third-order valence-electron chi connectivity index (χ3n) is 2.64. The molecular weight excluding hydrogens is 252 g/mol. The van der Waals surface area contributed by atoms with E-state index in [1.165, 1.54) is 10.6 Å². The second-order valence-corrected chi connectivity index (χ2v) is 4.06. The smallest absolute Gasteiger partial charge is 0.268 e. The van der Waals surface area contributed by atoms with Gasteiger partial charge in [0.2, 0.25) is 0 Å². The average Bonchev–Trinajstić information content (AvgIpc) is 2.48. The van der Waals surface area contributed by atoms with Crippen LogP contribution in [-0.4, -0.2) is 28.7 Å². The zero-order valence-corrected chi connectivity index (χ0v) is 11.1. The molecule has 0 aliphatic carbocycles. The van der Waals surface area contributed by atoms with Crippen LogP contribution in [0.4, 0.5) is 5.82 Å². The zero-order valence-electron chi connectivity index (χ0n) is 11.1. The molecule has 2 rings (SSSR count). The monoisotopic (exact) mass is 268 g/mol. The highest BCUT2D eigenvalue weighted by Gasteiger charge is 2.09. The topological polar surface area (TPSA) is 58.8 Å². The van der Waals surface area contributed by atoms with E-state index < -0.39 is 0 Å². The number of pyridine rings is 1. The Morgan fingerprint density at radius 1 is 1.35 bits per heavy atom. The molecule has 5 heteroatoms. The van der Waals surface area contributed by atoms with Crippen molar-refractivity contribution in [1.82, 2.24) is 9.38 Å². The third kappa shape index (κ3) is 2.83. The van der Waals surface area contributed by atoms with Gasteiger partial charge in [0.15, 0.2) is 0 Å². The van der Waals surface area contributed by atoms with Crippen molar-refractivity contribution in [3.8, 4) is 0 Å². The summed E-state index contributed by atoms with van der Waals surface area (Å²) >= 11 is 0. The van der Waals surface area contributed by atoms with Gasteiger partial charge in [0.05, 0.1) is 6.54 Å². The minimum atomic E-state index is -0.157. The summed E-state index contributed by atoms with van der Waals surface area (Å²) in [5, 5.41) is 3.06. The molecule has 2 aromatic rings. The summed E-state index contributed by atoms with van der Waals surface area (Å²) in [5.41, 5.74) is 0.859. The molecule has 0 unspecified atom stereocenters. The molecule has 0 bridgehead atoms. The largest absolute Gasteiger partial charge is 0.366 e. The number of aromatic nitrogens is 2. The fourth-order valence-corrected chi connectivity index (χ4v) is 1.74. The first-order valence-corrected chi connectivity index (χ1v) is 6.25. The molecule has 5 nitrogen and oxygen atoms in total. The van der Waals surface area contributed by atoms with E-state index in [2.05, 4.69) is 28.5 Å². The number of rotatable bonds is 6. The number of hydrogen-bond donors (Lipinski definition) is 1. The van der Waals surface area contributed by atoms with Crippen molar-refractivity contribution in [1.29, 1.82) is 0 Å². The van der Waals surface area contributed by atoms with Gasteiger partial charge in [0, 0.05) is 19.0 Å². The van der Waals surface area contributed by atoms with E-state index >= 15 is 0 Å². The SMILES string of the molecule is C=CCN=Cc1c(NCC=C)nc2ccccn2c1=O. The maximum Gasteiger partial charge on any atom is 0.268 e. The van der Waals surface area contributed by atoms with Gasteiger partial charge in [0.25, 0.3) is 5.56 Å². The summed E-state index contributed by atoms with van der Waals surface area (Å²) in [6.07, 6.45) is 6.59. The Morgan fingerprint density at radius 2 is 2.20 bits per heavy atom. The van der Waals surface area contributed by atoms with Gasteiger partial charge in [-0.25, -0.2) is 4.98 Å². The van der Waals surface area contributed by atoms with Gasteiger partial charge < -0.3 is 5.32 Å². The molecule has 0 atom stereocenters. The average molecular weight is 268 g/mol. The van der Waals surface area contributed by atoms with Crippen molar-refractivity contribution >= 4 is 17.7 Å². The first-order chi connectivity index (χ1) is 9.77. The second kappa shape index (κ2) is 6.47. The minimum Gasteiger partial charge on any atom is -0.366 e. The van der Waals surface area contributed by atoms with E-state index in [0.29, 0.717) is 30.1 Å². The highest BCUT2D eigenvalue weighted by Crippen LogP contribution is 2.08. The molecular formula is C15H16N4O. The van der Waals surface area contributed by atoms with E-state index in [-0.39, 0.29) is 5.56 Å². The molecule has 0 aliphatic heterocycles. The number of hydrogen-bond acceptors (Lipinski definition) is 4. The number of nitrogens with one attached hydrogen (secondary N) is 1. The first-order valence-electron chi connectivity index (χ1n) is 6.25. The van der Waals surface area contributed by atoms with E-state index in [1.54, 1.807) is 30.5 Å². The van der Waals surface area contributed by atoms with E-state index in [1.807, 2.05) is 6.07 Å². The molecule has 0 aromatic carbocycles. The predicted octanol–water partition coefficient (Wildman–Crippen LogP) is 1.90. The van der Waals surface area contributed by atoms with E-state index in [9.17, 15) is 4.79 Å². The maximum absolute atomic E-state index is 12.4. The van der Waals surface area contributed by atoms with Crippen molar-refractivity contribution in [2.75, 3.05) is 18.4 Å². The lowest BCUT2D eigenvalue weighted by Gasteiger charge is -2.08. The van der Waals surface area contributed by atoms with Crippen LogP contribution in [0.5, 0.6) is 0 Å². The van der Waals surface area contributed by atoms with Crippen molar-refractivity contribution < 1.29 is 0 Å². The van der Waals surface area contributed by atoms with Crippen molar-refractivity contribution in [2.24, 2.45) is 4.99 Å². The zero-order chi connectivity index (χ0) is 14.4. The molecule has 0 spiro atoms. The van der Waals surface area contributed by atoms with Crippen LogP contribution >= 0.6 is 0 Å². The lowest BCUT2D eigenvalue weighted by Crippen LogP contribution is -2.22. The van der Waals surface area contributed by atoms with Gasteiger partial charge in [-0.05, 0) is 12.1 Å². The Labute approximate surface area is 117 Å². The van der Waals surface area contributed by atoms with Crippen molar-refractivity contribution in [2.45, 2.75) is 0 Å². The van der Waals surface area contributed by atoms with Crippen LogP contribution in [0.2, 0.25) is 0 Å². The molecule has 0 saturated carbocycles. The van der Waals surface area contributed by atoms with Crippen LogP contribution in [0, 0.1) is 0 Å². The number of anilines is 1. The van der Waals surface area contributed by atoms with E-state index in [4.69, 9.17) is 0 Å². The van der Waals surface area contributed by atoms with Gasteiger partial charge in [-0.3, -0.25) is 14.2 Å². The molecule has 0 aliphatic rings. The Balaban J connectivity index is 2.59. The molecule has 2 heterocycles. The Kier molecular flexibility index (Phi) is 4.44. The van der Waals surface area contributed by atoms with E-state index in [0.717, 1.165) is 0 Å². The van der Waals surface area contributed by atoms with Crippen LogP contribution in [0.25, 0.3) is 5.65 Å². The normalized spacial score (nSPS) is 10.8. The van der Waals surface area contributed by atoms with Gasteiger partial charge in [-0.15, -0.1) is 13.2 Å². The molecule has 102 valence electrons. The third-order valence-corrected chi connectivity index (χ3v) is 2.64. The highest BCUT2D eigenvalue weighted by atomic mass is 16.1. The predicted molar refractivity (Wildman–Crippen MR) is 82.8 cm³/mol. The Morgan fingerprint density at radius 3 is 2.95 bits per heavy atom. The van der Waals surface area contributed by atoms with Gasteiger partial charge >= 0.3 is 0 Å². The number of aliphatic imine (C=N–C) groups is 1. The highest BCUT2D eigenvalue weighted by molar-refractivity contribution is 5.86. The Bertz CT molecular complexity index is 715. The van der Waals surface area contributed by atoms with Crippen molar-refractivity contribution in [3.63, 3.8) is 0 Å². The molecule has 0 fully saturated rings. The van der Waals surface area contributed by atoms with Crippen LogP contribution in [-0.2, 0) is 0 Å². The molecule has 1 N–H and O–H groups in total. The van der Waals surface area contributed by atoms with Gasteiger partial charge in [-0.1, -0.05) is 18.2 Å². The summed E-state index contributed by atoms with van der Waals surface area (Å²) in [4.78, 5) is 21.0. The van der Waals surface area contributed by atoms with Crippen LogP contribution in [0.1, 0.15) is 5.56 Å². The number of nitrogens with zero attached hydrogens (tertiary/aromatic N) is 3. The van der Waals surface area contributed by atoms with Gasteiger partial charge in [0.1, 0.15) is 17.0 Å². The second-order valence-electron chi connectivity index (χ2n) is 4.06.